The monoisotopic (exact) mass is 210 g/mol. The summed E-state index contributed by atoms with van der Waals surface area (Å²) in [6.07, 6.45) is 5.76. The molecule has 2 heteroatoms. The molecule has 0 spiro atoms. The molecule has 2 nitrogen and oxygen atoms in total. The SMILES string of the molecule is CCNC(CN1CCCC(C)C1)C1CC1. The van der Waals surface area contributed by atoms with E-state index in [0.29, 0.717) is 0 Å². The number of nitrogens with one attached hydrogen (secondary N) is 1. The van der Waals surface area contributed by atoms with Gasteiger partial charge in [0.05, 0.1) is 0 Å². The maximum Gasteiger partial charge on any atom is 0.0223 e. The smallest absolute Gasteiger partial charge is 0.0223 e. The highest BCUT2D eigenvalue weighted by molar-refractivity contribution is 4.89. The first kappa shape index (κ1) is 11.4. The molecular weight excluding hydrogens is 184 g/mol. The molecule has 0 aromatic heterocycles. The van der Waals surface area contributed by atoms with Crippen molar-refractivity contribution in [3.63, 3.8) is 0 Å². The van der Waals surface area contributed by atoms with E-state index in [2.05, 4.69) is 24.1 Å². The second-order valence-electron chi connectivity index (χ2n) is 5.51. The van der Waals surface area contributed by atoms with Gasteiger partial charge in [0, 0.05) is 19.1 Å². The highest BCUT2D eigenvalue weighted by Gasteiger charge is 2.32. The summed E-state index contributed by atoms with van der Waals surface area (Å²) in [7, 11) is 0. The molecule has 0 aromatic carbocycles. The van der Waals surface area contributed by atoms with Gasteiger partial charge in [-0.05, 0) is 50.6 Å². The van der Waals surface area contributed by atoms with Crippen LogP contribution in [0.5, 0.6) is 0 Å². The second kappa shape index (κ2) is 5.31. The molecule has 2 unspecified atom stereocenters. The Kier molecular flexibility index (Phi) is 4.04. The lowest BCUT2D eigenvalue weighted by atomic mass is 9.99. The van der Waals surface area contributed by atoms with E-state index in [-0.39, 0.29) is 0 Å². The predicted octanol–water partition coefficient (Wildman–Crippen LogP) is 2.11. The minimum absolute atomic E-state index is 0.778. The third-order valence-corrected chi connectivity index (χ3v) is 3.85. The fourth-order valence-corrected chi connectivity index (χ4v) is 2.87. The molecule has 1 heterocycles. The molecule has 1 saturated heterocycles. The van der Waals surface area contributed by atoms with E-state index >= 15 is 0 Å². The first-order valence-corrected chi connectivity index (χ1v) is 6.75. The Balaban J connectivity index is 1.77. The number of piperidine rings is 1. The third-order valence-electron chi connectivity index (χ3n) is 3.85. The molecule has 1 aliphatic heterocycles. The molecule has 1 saturated carbocycles. The van der Waals surface area contributed by atoms with Crippen molar-refractivity contribution in [1.29, 1.82) is 0 Å². The number of hydrogen-bond acceptors (Lipinski definition) is 2. The lowest BCUT2D eigenvalue weighted by Crippen LogP contribution is -2.45. The predicted molar refractivity (Wildman–Crippen MR) is 65.0 cm³/mol. The molecule has 2 fully saturated rings. The fourth-order valence-electron chi connectivity index (χ4n) is 2.87. The quantitative estimate of drug-likeness (QED) is 0.747. The summed E-state index contributed by atoms with van der Waals surface area (Å²) in [6.45, 7) is 9.71. The highest BCUT2D eigenvalue weighted by atomic mass is 15.2. The van der Waals surface area contributed by atoms with Crippen molar-refractivity contribution in [2.75, 3.05) is 26.2 Å². The van der Waals surface area contributed by atoms with Gasteiger partial charge in [-0.2, -0.15) is 0 Å². The van der Waals surface area contributed by atoms with Crippen molar-refractivity contribution in [2.45, 2.75) is 45.6 Å². The van der Waals surface area contributed by atoms with Gasteiger partial charge in [-0.25, -0.2) is 0 Å². The first-order chi connectivity index (χ1) is 7.29. The van der Waals surface area contributed by atoms with Crippen molar-refractivity contribution >= 4 is 0 Å². The Morgan fingerprint density at radius 1 is 1.33 bits per heavy atom. The van der Waals surface area contributed by atoms with E-state index in [0.717, 1.165) is 24.4 Å². The van der Waals surface area contributed by atoms with Crippen LogP contribution in [0.3, 0.4) is 0 Å². The van der Waals surface area contributed by atoms with Gasteiger partial charge in [-0.1, -0.05) is 13.8 Å². The lowest BCUT2D eigenvalue weighted by Gasteiger charge is -2.34. The van der Waals surface area contributed by atoms with Gasteiger partial charge >= 0.3 is 0 Å². The zero-order chi connectivity index (χ0) is 10.7. The van der Waals surface area contributed by atoms with Gasteiger partial charge in [-0.15, -0.1) is 0 Å². The van der Waals surface area contributed by atoms with Crippen molar-refractivity contribution in [3.05, 3.63) is 0 Å². The van der Waals surface area contributed by atoms with Gasteiger partial charge in [0.2, 0.25) is 0 Å². The number of rotatable bonds is 5. The van der Waals surface area contributed by atoms with E-state index in [9.17, 15) is 0 Å². The molecule has 1 aliphatic carbocycles. The zero-order valence-electron chi connectivity index (χ0n) is 10.3. The number of likely N-dealkylation sites (tertiary alicyclic amines) is 1. The Morgan fingerprint density at radius 3 is 2.73 bits per heavy atom. The zero-order valence-corrected chi connectivity index (χ0v) is 10.3. The largest absolute Gasteiger partial charge is 0.313 e. The van der Waals surface area contributed by atoms with Gasteiger partial charge in [0.1, 0.15) is 0 Å². The van der Waals surface area contributed by atoms with Gasteiger partial charge in [0.15, 0.2) is 0 Å². The fraction of sp³-hybridized carbons (Fsp3) is 1.00. The van der Waals surface area contributed by atoms with Crippen molar-refractivity contribution in [3.8, 4) is 0 Å². The van der Waals surface area contributed by atoms with Crippen LogP contribution in [0.25, 0.3) is 0 Å². The minimum atomic E-state index is 0.778. The molecule has 0 bridgehead atoms. The Labute approximate surface area is 94.4 Å². The van der Waals surface area contributed by atoms with E-state index in [1.54, 1.807) is 0 Å². The van der Waals surface area contributed by atoms with Crippen LogP contribution in [0.2, 0.25) is 0 Å². The van der Waals surface area contributed by atoms with Crippen molar-refractivity contribution in [1.82, 2.24) is 10.2 Å². The van der Waals surface area contributed by atoms with Crippen molar-refractivity contribution in [2.24, 2.45) is 11.8 Å². The molecule has 0 amide bonds. The van der Waals surface area contributed by atoms with Crippen LogP contribution in [0, 0.1) is 11.8 Å². The van der Waals surface area contributed by atoms with Crippen LogP contribution in [0.1, 0.15) is 39.5 Å². The summed E-state index contributed by atoms with van der Waals surface area (Å²) in [5.74, 6) is 1.91. The number of likely N-dealkylation sites (N-methyl/N-ethyl adjacent to an activating group) is 1. The van der Waals surface area contributed by atoms with Crippen LogP contribution in [0.4, 0.5) is 0 Å². The maximum atomic E-state index is 3.67. The van der Waals surface area contributed by atoms with Gasteiger partial charge < -0.3 is 10.2 Å². The molecule has 0 radical (unpaired) electrons. The summed E-state index contributed by atoms with van der Waals surface area (Å²) in [6, 6.07) is 0.778. The summed E-state index contributed by atoms with van der Waals surface area (Å²) in [5, 5.41) is 3.67. The normalized spacial score (nSPS) is 30.4. The van der Waals surface area contributed by atoms with Crippen LogP contribution in [-0.2, 0) is 0 Å². The first-order valence-electron chi connectivity index (χ1n) is 6.75. The average Bonchev–Trinajstić information content (AvgIpc) is 3.00. The summed E-state index contributed by atoms with van der Waals surface area (Å²) in [4.78, 5) is 2.68. The maximum absolute atomic E-state index is 3.67. The minimum Gasteiger partial charge on any atom is -0.313 e. The van der Waals surface area contributed by atoms with Gasteiger partial charge in [0.25, 0.3) is 0 Å². The molecular formula is C13H26N2. The van der Waals surface area contributed by atoms with Crippen LogP contribution >= 0.6 is 0 Å². The van der Waals surface area contributed by atoms with Crippen LogP contribution in [-0.4, -0.2) is 37.1 Å². The second-order valence-corrected chi connectivity index (χ2v) is 5.51. The van der Waals surface area contributed by atoms with Gasteiger partial charge in [-0.3, -0.25) is 0 Å². The Hall–Kier alpha value is -0.0800. The lowest BCUT2D eigenvalue weighted by molar-refractivity contribution is 0.162. The van der Waals surface area contributed by atoms with E-state index in [1.807, 2.05) is 0 Å². The Bertz CT molecular complexity index is 189. The summed E-state index contributed by atoms with van der Waals surface area (Å²) < 4.78 is 0. The molecule has 2 aliphatic rings. The number of hydrogen-bond donors (Lipinski definition) is 1. The number of nitrogens with zero attached hydrogens (tertiary/aromatic N) is 1. The van der Waals surface area contributed by atoms with Crippen LogP contribution < -0.4 is 5.32 Å². The molecule has 2 rings (SSSR count). The third kappa shape index (κ3) is 3.46. The highest BCUT2D eigenvalue weighted by Crippen LogP contribution is 2.33. The standard InChI is InChI=1S/C13H26N2/c1-3-14-13(12-6-7-12)10-15-8-4-5-11(2)9-15/h11-14H,3-10H2,1-2H3. The molecule has 2 atom stereocenters. The topological polar surface area (TPSA) is 15.3 Å². The van der Waals surface area contributed by atoms with E-state index in [1.165, 1.54) is 45.3 Å². The molecule has 15 heavy (non-hydrogen) atoms. The Morgan fingerprint density at radius 2 is 2.13 bits per heavy atom. The van der Waals surface area contributed by atoms with Crippen LogP contribution in [0.15, 0.2) is 0 Å². The summed E-state index contributed by atoms with van der Waals surface area (Å²) in [5.41, 5.74) is 0. The van der Waals surface area contributed by atoms with E-state index < -0.39 is 0 Å². The average molecular weight is 210 g/mol. The summed E-state index contributed by atoms with van der Waals surface area (Å²) >= 11 is 0. The molecule has 1 N–H and O–H groups in total. The molecule has 0 aromatic rings. The molecule has 88 valence electrons. The van der Waals surface area contributed by atoms with Crippen molar-refractivity contribution < 1.29 is 0 Å². The van der Waals surface area contributed by atoms with E-state index in [4.69, 9.17) is 0 Å².